The molecule has 0 aromatic rings. The molecular formula is C18H31F7O3S. The molecule has 11 heteroatoms. The van der Waals surface area contributed by atoms with Crippen molar-refractivity contribution in [1.82, 2.24) is 0 Å². The van der Waals surface area contributed by atoms with E-state index in [2.05, 4.69) is 4.74 Å². The van der Waals surface area contributed by atoms with E-state index in [1.165, 1.54) is 0 Å². The van der Waals surface area contributed by atoms with Crippen molar-refractivity contribution in [2.24, 2.45) is 0 Å². The lowest BCUT2D eigenvalue weighted by Gasteiger charge is -2.37. The maximum Gasteiger partial charge on any atom is 0.366 e. The second-order valence-corrected chi connectivity index (χ2v) is 9.07. The van der Waals surface area contributed by atoms with E-state index in [1.54, 1.807) is 13.8 Å². The Balaban J connectivity index is 4.64. The third kappa shape index (κ3) is 9.18. The van der Waals surface area contributed by atoms with Crippen LogP contribution in [0.15, 0.2) is 0 Å². The van der Waals surface area contributed by atoms with Gasteiger partial charge in [-0.15, -0.1) is 0 Å². The third-order valence-electron chi connectivity index (χ3n) is 4.01. The summed E-state index contributed by atoms with van der Waals surface area (Å²) in [7, 11) is 0. The first-order valence-corrected chi connectivity index (χ1v) is 10.1. The normalized spacial score (nSPS) is 17.5. The number of alkyl halides is 7. The van der Waals surface area contributed by atoms with Gasteiger partial charge < -0.3 is 14.2 Å². The molecule has 0 aliphatic heterocycles. The van der Waals surface area contributed by atoms with E-state index in [0.29, 0.717) is 20.0 Å². The Morgan fingerprint density at radius 1 is 0.828 bits per heavy atom. The summed E-state index contributed by atoms with van der Waals surface area (Å²) >= 11 is 0.00141. The van der Waals surface area contributed by atoms with Gasteiger partial charge in [-0.2, -0.15) is 26.3 Å². The van der Waals surface area contributed by atoms with Crippen molar-refractivity contribution in [1.29, 1.82) is 0 Å². The number of hydrogen-bond donors (Lipinski definition) is 0. The molecule has 0 aliphatic carbocycles. The average Bonchev–Trinajstić information content (AvgIpc) is 2.49. The largest absolute Gasteiger partial charge is 0.379 e. The van der Waals surface area contributed by atoms with E-state index in [1.807, 2.05) is 13.8 Å². The van der Waals surface area contributed by atoms with Gasteiger partial charge in [0.2, 0.25) is 0 Å². The first-order chi connectivity index (χ1) is 12.8. The summed E-state index contributed by atoms with van der Waals surface area (Å²) in [5.74, 6) is -14.6. The SMILES string of the molecule is CC(C)OCCC(C)(C)OCCSC(F)(F)C(C)OC(C)(F)C(F)(F)C(C)(F)F. The quantitative estimate of drug-likeness (QED) is 0.225. The predicted molar refractivity (Wildman–Crippen MR) is 98.8 cm³/mol. The van der Waals surface area contributed by atoms with Crippen LogP contribution in [0.4, 0.5) is 30.7 Å². The van der Waals surface area contributed by atoms with Gasteiger partial charge in [-0.1, -0.05) is 11.8 Å². The van der Waals surface area contributed by atoms with E-state index < -0.39 is 34.7 Å². The number of rotatable bonds is 14. The highest BCUT2D eigenvalue weighted by Gasteiger charge is 2.67. The Morgan fingerprint density at radius 2 is 1.34 bits per heavy atom. The van der Waals surface area contributed by atoms with Crippen molar-refractivity contribution >= 4 is 11.8 Å². The smallest absolute Gasteiger partial charge is 0.366 e. The van der Waals surface area contributed by atoms with Crippen molar-refractivity contribution in [2.45, 2.75) is 95.7 Å². The average molecular weight is 460 g/mol. The summed E-state index contributed by atoms with van der Waals surface area (Å²) in [4.78, 5) is 0. The molecular weight excluding hydrogens is 429 g/mol. The molecule has 3 nitrogen and oxygen atoms in total. The minimum absolute atomic E-state index is 0.00141. The van der Waals surface area contributed by atoms with Gasteiger partial charge in [-0.05, 0) is 41.0 Å². The van der Waals surface area contributed by atoms with Gasteiger partial charge in [0.15, 0.2) is 0 Å². The second-order valence-electron chi connectivity index (χ2n) is 7.83. The first-order valence-electron chi connectivity index (χ1n) is 9.15. The summed E-state index contributed by atoms with van der Waals surface area (Å²) in [6, 6.07) is 0. The van der Waals surface area contributed by atoms with Crippen LogP contribution in [-0.2, 0) is 14.2 Å². The van der Waals surface area contributed by atoms with E-state index >= 15 is 0 Å². The molecule has 0 aromatic carbocycles. The zero-order chi connectivity index (χ0) is 23.3. The minimum Gasteiger partial charge on any atom is -0.379 e. The molecule has 2 unspecified atom stereocenters. The fourth-order valence-electron chi connectivity index (χ4n) is 2.09. The van der Waals surface area contributed by atoms with E-state index in [4.69, 9.17) is 9.47 Å². The zero-order valence-electron chi connectivity index (χ0n) is 17.8. The van der Waals surface area contributed by atoms with Crippen molar-refractivity contribution < 1.29 is 44.9 Å². The number of halogens is 7. The maximum atomic E-state index is 14.1. The highest BCUT2D eigenvalue weighted by Crippen LogP contribution is 2.47. The van der Waals surface area contributed by atoms with Crippen LogP contribution in [-0.4, -0.2) is 59.7 Å². The molecule has 0 aliphatic rings. The van der Waals surface area contributed by atoms with Gasteiger partial charge in [0.25, 0.3) is 5.85 Å². The summed E-state index contributed by atoms with van der Waals surface area (Å²) in [5.41, 5.74) is -0.640. The lowest BCUT2D eigenvalue weighted by Crippen LogP contribution is -2.57. The number of hydrogen-bond acceptors (Lipinski definition) is 4. The Morgan fingerprint density at radius 3 is 1.79 bits per heavy atom. The number of ether oxygens (including phenoxy) is 3. The Bertz CT molecular complexity index is 494. The lowest BCUT2D eigenvalue weighted by molar-refractivity contribution is -0.353. The maximum absolute atomic E-state index is 14.1. The molecule has 0 aromatic heterocycles. The fourth-order valence-corrected chi connectivity index (χ4v) is 2.81. The van der Waals surface area contributed by atoms with Crippen molar-refractivity contribution in [2.75, 3.05) is 19.0 Å². The monoisotopic (exact) mass is 460 g/mol. The van der Waals surface area contributed by atoms with Gasteiger partial charge in [0.05, 0.1) is 18.3 Å². The molecule has 0 saturated carbocycles. The lowest BCUT2D eigenvalue weighted by atomic mass is 10.1. The Kier molecular flexibility index (Phi) is 10.3. The van der Waals surface area contributed by atoms with E-state index in [-0.39, 0.29) is 44.1 Å². The van der Waals surface area contributed by atoms with Gasteiger partial charge in [0, 0.05) is 26.2 Å². The van der Waals surface area contributed by atoms with Crippen LogP contribution in [0.1, 0.15) is 54.9 Å². The molecule has 0 heterocycles. The summed E-state index contributed by atoms with van der Waals surface area (Å²) in [6.07, 6.45) is -1.82. The molecule has 0 bridgehead atoms. The number of thioether (sulfide) groups is 1. The molecule has 0 saturated heterocycles. The highest BCUT2D eigenvalue weighted by atomic mass is 32.2. The molecule has 0 rings (SSSR count). The zero-order valence-corrected chi connectivity index (χ0v) is 18.6. The van der Waals surface area contributed by atoms with Crippen molar-refractivity contribution in [3.05, 3.63) is 0 Å². The molecule has 2 atom stereocenters. The van der Waals surface area contributed by atoms with Crippen molar-refractivity contribution in [3.63, 3.8) is 0 Å². The van der Waals surface area contributed by atoms with Crippen LogP contribution in [0.5, 0.6) is 0 Å². The van der Waals surface area contributed by atoms with E-state index in [0.717, 1.165) is 0 Å². The second kappa shape index (κ2) is 10.4. The molecule has 0 amide bonds. The minimum atomic E-state index is -5.29. The topological polar surface area (TPSA) is 27.7 Å². The highest BCUT2D eigenvalue weighted by molar-refractivity contribution is 8.00. The fraction of sp³-hybridized carbons (Fsp3) is 1.00. The molecule has 0 spiro atoms. The summed E-state index contributed by atoms with van der Waals surface area (Å²) < 4.78 is 110. The van der Waals surface area contributed by atoms with Crippen LogP contribution < -0.4 is 0 Å². The van der Waals surface area contributed by atoms with Crippen LogP contribution in [0, 0.1) is 0 Å². The van der Waals surface area contributed by atoms with Gasteiger partial charge >= 0.3 is 17.1 Å². The summed E-state index contributed by atoms with van der Waals surface area (Å²) in [5, 5.41) is -3.80. The Labute approximate surface area is 172 Å². The van der Waals surface area contributed by atoms with Crippen LogP contribution in [0.25, 0.3) is 0 Å². The predicted octanol–water partition coefficient (Wildman–Crippen LogP) is 6.30. The summed E-state index contributed by atoms with van der Waals surface area (Å²) in [6.45, 7) is 8.01. The standard InChI is InChI=1S/C18H31F7O3S/c1-12(2)26-9-8-14(4,5)27-10-11-29-17(22,23)13(3)28-16(7,21)18(24,25)15(6,19)20/h12-13H,8-11H2,1-7H3. The Hall–Kier alpha value is -0.260. The van der Waals surface area contributed by atoms with Crippen LogP contribution in [0.3, 0.4) is 0 Å². The molecule has 176 valence electrons. The molecule has 0 N–H and O–H groups in total. The van der Waals surface area contributed by atoms with Crippen molar-refractivity contribution in [3.8, 4) is 0 Å². The van der Waals surface area contributed by atoms with Gasteiger partial charge in [0.1, 0.15) is 6.10 Å². The molecule has 29 heavy (non-hydrogen) atoms. The first kappa shape index (κ1) is 28.7. The van der Waals surface area contributed by atoms with Gasteiger partial charge in [-0.25, -0.2) is 4.39 Å². The van der Waals surface area contributed by atoms with E-state index in [9.17, 15) is 30.7 Å². The van der Waals surface area contributed by atoms with Crippen LogP contribution >= 0.6 is 11.8 Å². The van der Waals surface area contributed by atoms with Gasteiger partial charge in [-0.3, -0.25) is 0 Å². The van der Waals surface area contributed by atoms with Crippen LogP contribution in [0.2, 0.25) is 0 Å². The molecule has 0 fully saturated rings. The molecule has 0 radical (unpaired) electrons. The third-order valence-corrected chi connectivity index (χ3v) is 5.10.